The van der Waals surface area contributed by atoms with Gasteiger partial charge in [0.2, 0.25) is 0 Å². The topological polar surface area (TPSA) is 12.0 Å². The van der Waals surface area contributed by atoms with E-state index < -0.39 is 0 Å². The summed E-state index contributed by atoms with van der Waals surface area (Å²) < 4.78 is 0. The highest BCUT2D eigenvalue weighted by atomic mass is 35.5. The summed E-state index contributed by atoms with van der Waals surface area (Å²) >= 11 is 12.1. The average molecular weight is 274 g/mol. The molecular formula is C14H21Cl2N. The molecule has 0 saturated carbocycles. The Hall–Kier alpha value is -0.240. The highest BCUT2D eigenvalue weighted by Gasteiger charge is 2.15. The molecule has 0 aliphatic rings. The van der Waals surface area contributed by atoms with Crippen LogP contribution in [0.15, 0.2) is 18.2 Å². The van der Waals surface area contributed by atoms with E-state index in [4.69, 9.17) is 23.2 Å². The first-order valence-electron chi connectivity index (χ1n) is 6.25. The van der Waals surface area contributed by atoms with E-state index in [1.165, 1.54) is 5.56 Å². The summed E-state index contributed by atoms with van der Waals surface area (Å²) in [5.74, 6) is 0.568. The van der Waals surface area contributed by atoms with Crippen molar-refractivity contribution < 1.29 is 0 Å². The Morgan fingerprint density at radius 1 is 1.24 bits per heavy atom. The second kappa shape index (κ2) is 7.25. The molecule has 2 atom stereocenters. The van der Waals surface area contributed by atoms with Gasteiger partial charge in [-0.3, -0.25) is 0 Å². The van der Waals surface area contributed by atoms with E-state index in [9.17, 15) is 0 Å². The normalized spacial score (nSPS) is 14.6. The number of hydrogen-bond donors (Lipinski definition) is 1. The van der Waals surface area contributed by atoms with Gasteiger partial charge in [0.25, 0.3) is 0 Å². The molecule has 1 aromatic carbocycles. The van der Waals surface area contributed by atoms with Gasteiger partial charge in [0.15, 0.2) is 0 Å². The summed E-state index contributed by atoms with van der Waals surface area (Å²) in [6.45, 7) is 7.64. The largest absolute Gasteiger partial charge is 0.314 e. The second-order valence-corrected chi connectivity index (χ2v) is 5.33. The average Bonchev–Trinajstić information content (AvgIpc) is 2.29. The molecule has 0 heterocycles. The third-order valence-electron chi connectivity index (χ3n) is 3.15. The number of nitrogens with one attached hydrogen (secondary N) is 1. The zero-order valence-corrected chi connectivity index (χ0v) is 12.3. The Balaban J connectivity index is 2.69. The lowest BCUT2D eigenvalue weighted by molar-refractivity contribution is 0.371. The Morgan fingerprint density at radius 3 is 2.47 bits per heavy atom. The molecule has 0 aliphatic heterocycles. The van der Waals surface area contributed by atoms with Crippen LogP contribution < -0.4 is 5.32 Å². The van der Waals surface area contributed by atoms with Gasteiger partial charge in [-0.25, -0.2) is 0 Å². The van der Waals surface area contributed by atoms with Gasteiger partial charge in [0.05, 0.1) is 0 Å². The number of halogens is 2. The van der Waals surface area contributed by atoms with Gasteiger partial charge in [-0.05, 0) is 43.0 Å². The monoisotopic (exact) mass is 273 g/mol. The summed E-state index contributed by atoms with van der Waals surface area (Å²) in [6, 6.07) is 6.30. The van der Waals surface area contributed by atoms with Crippen LogP contribution in [-0.2, 0) is 6.42 Å². The third kappa shape index (κ3) is 4.50. The summed E-state index contributed by atoms with van der Waals surface area (Å²) in [7, 11) is 0. The standard InChI is InChI=1S/C14H21Cl2N/c1-4-14(17-5-2)10(3)8-11-6-7-12(15)9-13(11)16/h6-7,9-10,14,17H,4-5,8H2,1-3H3. The summed E-state index contributed by atoms with van der Waals surface area (Å²) in [6.07, 6.45) is 2.13. The van der Waals surface area contributed by atoms with Gasteiger partial charge < -0.3 is 5.32 Å². The predicted molar refractivity (Wildman–Crippen MR) is 77.1 cm³/mol. The maximum absolute atomic E-state index is 6.19. The highest BCUT2D eigenvalue weighted by Crippen LogP contribution is 2.24. The molecule has 0 aromatic heterocycles. The van der Waals surface area contributed by atoms with E-state index in [1.807, 2.05) is 18.2 Å². The van der Waals surface area contributed by atoms with Crippen LogP contribution in [0.25, 0.3) is 0 Å². The van der Waals surface area contributed by atoms with Crippen molar-refractivity contribution in [1.29, 1.82) is 0 Å². The molecule has 17 heavy (non-hydrogen) atoms. The minimum absolute atomic E-state index is 0.548. The van der Waals surface area contributed by atoms with Crippen LogP contribution in [0.5, 0.6) is 0 Å². The van der Waals surface area contributed by atoms with Gasteiger partial charge in [-0.1, -0.05) is 50.0 Å². The first-order chi connectivity index (χ1) is 8.08. The van der Waals surface area contributed by atoms with Crippen molar-refractivity contribution in [2.45, 2.75) is 39.7 Å². The van der Waals surface area contributed by atoms with Gasteiger partial charge in [0.1, 0.15) is 0 Å². The highest BCUT2D eigenvalue weighted by molar-refractivity contribution is 6.35. The fraction of sp³-hybridized carbons (Fsp3) is 0.571. The second-order valence-electron chi connectivity index (χ2n) is 4.49. The van der Waals surface area contributed by atoms with Crippen molar-refractivity contribution in [3.8, 4) is 0 Å². The lowest BCUT2D eigenvalue weighted by Gasteiger charge is -2.24. The Labute approximate surface area is 115 Å². The molecule has 96 valence electrons. The van der Waals surface area contributed by atoms with E-state index in [-0.39, 0.29) is 0 Å². The van der Waals surface area contributed by atoms with E-state index in [2.05, 4.69) is 26.1 Å². The molecule has 1 aromatic rings. The van der Waals surface area contributed by atoms with Crippen molar-refractivity contribution in [3.63, 3.8) is 0 Å². The van der Waals surface area contributed by atoms with Crippen LogP contribution in [0.4, 0.5) is 0 Å². The molecule has 2 unspecified atom stereocenters. The van der Waals surface area contributed by atoms with Gasteiger partial charge in [0, 0.05) is 16.1 Å². The Kier molecular flexibility index (Phi) is 6.32. The molecular weight excluding hydrogens is 253 g/mol. The molecule has 1 rings (SSSR count). The van der Waals surface area contributed by atoms with Crippen LogP contribution >= 0.6 is 23.2 Å². The van der Waals surface area contributed by atoms with Crippen LogP contribution in [-0.4, -0.2) is 12.6 Å². The molecule has 0 amide bonds. The van der Waals surface area contributed by atoms with Crippen molar-refractivity contribution in [2.75, 3.05) is 6.54 Å². The Morgan fingerprint density at radius 2 is 1.94 bits per heavy atom. The zero-order valence-electron chi connectivity index (χ0n) is 10.8. The zero-order chi connectivity index (χ0) is 12.8. The first kappa shape index (κ1) is 14.8. The van der Waals surface area contributed by atoms with E-state index in [1.54, 1.807) is 0 Å². The maximum atomic E-state index is 6.19. The lowest BCUT2D eigenvalue weighted by Crippen LogP contribution is -2.35. The fourth-order valence-corrected chi connectivity index (χ4v) is 2.67. The van der Waals surface area contributed by atoms with E-state index >= 15 is 0 Å². The van der Waals surface area contributed by atoms with Crippen LogP contribution in [0.2, 0.25) is 10.0 Å². The molecule has 3 heteroatoms. The van der Waals surface area contributed by atoms with E-state index in [0.717, 1.165) is 24.4 Å². The van der Waals surface area contributed by atoms with Gasteiger partial charge in [-0.15, -0.1) is 0 Å². The Bertz CT molecular complexity index is 352. The van der Waals surface area contributed by atoms with Crippen LogP contribution in [0.3, 0.4) is 0 Å². The smallest absolute Gasteiger partial charge is 0.0452 e. The van der Waals surface area contributed by atoms with Gasteiger partial charge >= 0.3 is 0 Å². The predicted octanol–water partition coefficient (Wildman–Crippen LogP) is 4.56. The minimum Gasteiger partial charge on any atom is -0.314 e. The molecule has 0 bridgehead atoms. The number of benzene rings is 1. The van der Waals surface area contributed by atoms with Crippen molar-refractivity contribution in [2.24, 2.45) is 5.92 Å². The molecule has 0 spiro atoms. The SMILES string of the molecule is CCNC(CC)C(C)Cc1ccc(Cl)cc1Cl. The molecule has 0 saturated heterocycles. The maximum Gasteiger partial charge on any atom is 0.0452 e. The summed E-state index contributed by atoms with van der Waals surface area (Å²) in [5.41, 5.74) is 1.18. The van der Waals surface area contributed by atoms with Crippen molar-refractivity contribution >= 4 is 23.2 Å². The number of hydrogen-bond acceptors (Lipinski definition) is 1. The van der Waals surface area contributed by atoms with E-state index in [0.29, 0.717) is 17.0 Å². The van der Waals surface area contributed by atoms with Gasteiger partial charge in [-0.2, -0.15) is 0 Å². The van der Waals surface area contributed by atoms with Crippen LogP contribution in [0, 0.1) is 5.92 Å². The third-order valence-corrected chi connectivity index (χ3v) is 3.74. The quantitative estimate of drug-likeness (QED) is 0.801. The first-order valence-corrected chi connectivity index (χ1v) is 7.01. The number of rotatable bonds is 6. The van der Waals surface area contributed by atoms with Crippen molar-refractivity contribution in [3.05, 3.63) is 33.8 Å². The molecule has 0 radical (unpaired) electrons. The molecule has 0 fully saturated rings. The van der Waals surface area contributed by atoms with Crippen LogP contribution in [0.1, 0.15) is 32.8 Å². The lowest BCUT2D eigenvalue weighted by atomic mass is 9.92. The minimum atomic E-state index is 0.548. The summed E-state index contributed by atoms with van der Waals surface area (Å²) in [4.78, 5) is 0. The van der Waals surface area contributed by atoms with Crippen molar-refractivity contribution in [1.82, 2.24) is 5.32 Å². The molecule has 1 nitrogen and oxygen atoms in total. The molecule has 1 N–H and O–H groups in total. The summed E-state index contributed by atoms with van der Waals surface area (Å²) in [5, 5.41) is 4.99. The fourth-order valence-electron chi connectivity index (χ4n) is 2.19. The molecule has 0 aliphatic carbocycles.